The number of aromatic nitrogens is 1. The molecule has 48 heavy (non-hydrogen) atoms. The summed E-state index contributed by atoms with van der Waals surface area (Å²) in [7, 11) is 0. The first-order valence-electron chi connectivity index (χ1n) is 16.0. The van der Waals surface area contributed by atoms with Gasteiger partial charge in [0.1, 0.15) is 0 Å². The van der Waals surface area contributed by atoms with Gasteiger partial charge >= 0.3 is 6.09 Å². The Hall–Kier alpha value is -4.44. The number of piperazine rings is 1. The second kappa shape index (κ2) is 14.8. The van der Waals surface area contributed by atoms with E-state index in [0.29, 0.717) is 35.4 Å². The number of ether oxygens (including phenoxy) is 1. The maximum atomic E-state index is 13.8. The maximum absolute atomic E-state index is 13.8. The molecule has 8 nitrogen and oxygen atoms in total. The summed E-state index contributed by atoms with van der Waals surface area (Å²) in [6, 6.07) is 32.3. The topological polar surface area (TPSA) is 74.8 Å². The molecule has 1 fully saturated rings. The van der Waals surface area contributed by atoms with Gasteiger partial charge in [0.25, 0.3) is 0 Å². The molecule has 5 aromatic rings. The van der Waals surface area contributed by atoms with Gasteiger partial charge in [-0.05, 0) is 52.0 Å². The van der Waals surface area contributed by atoms with E-state index in [4.69, 9.17) is 20.7 Å². The summed E-state index contributed by atoms with van der Waals surface area (Å²) in [5, 5.41) is 4.71. The zero-order valence-electron chi connectivity index (χ0n) is 27.1. The Kier molecular flexibility index (Phi) is 10.3. The lowest BCUT2D eigenvalue weighted by molar-refractivity contribution is -0.943. The third-order valence-electron chi connectivity index (χ3n) is 9.25. The number of hydrogen-bond acceptors (Lipinski definition) is 6. The van der Waals surface area contributed by atoms with Gasteiger partial charge in [-0.2, -0.15) is 4.37 Å². The Labute approximate surface area is 291 Å². The van der Waals surface area contributed by atoms with Crippen LogP contribution in [0.5, 0.6) is 0 Å². The maximum Gasteiger partial charge on any atom is 0.414 e. The van der Waals surface area contributed by atoms with Crippen molar-refractivity contribution in [3.63, 3.8) is 0 Å². The van der Waals surface area contributed by atoms with E-state index in [0.717, 1.165) is 66.5 Å². The molecule has 3 heterocycles. The van der Waals surface area contributed by atoms with Crippen LogP contribution >= 0.6 is 23.1 Å². The third-order valence-corrected chi connectivity index (χ3v) is 10.4. The van der Waals surface area contributed by atoms with E-state index in [9.17, 15) is 9.59 Å². The molecule has 0 spiro atoms. The van der Waals surface area contributed by atoms with Crippen LogP contribution < -0.4 is 10.2 Å². The Morgan fingerprint density at radius 2 is 1.58 bits per heavy atom. The molecule has 2 aliphatic rings. The van der Waals surface area contributed by atoms with Gasteiger partial charge in [0.2, 0.25) is 12.6 Å². The lowest BCUT2D eigenvalue weighted by Gasteiger charge is -2.44. The van der Waals surface area contributed by atoms with Crippen LogP contribution in [0.3, 0.4) is 0 Å². The van der Waals surface area contributed by atoms with Gasteiger partial charge in [-0.1, -0.05) is 90.5 Å². The number of carbonyl (C=O) groups excluding carboxylic acids is 2. The molecular formula is C38H40ClN5O3S. The third kappa shape index (κ3) is 7.49. The minimum atomic E-state index is -0.330. The van der Waals surface area contributed by atoms with Crippen LogP contribution in [0.25, 0.3) is 10.1 Å². The van der Waals surface area contributed by atoms with E-state index in [1.807, 2.05) is 72.8 Å². The standard InChI is InChI=1S/C37H36ClN5O3S.CH3/c38-32-23-33-30(22-35(44)39-33)21-29(32)15-18-43(19-16-41(17-20-43)36-31-13-7-8-14-34(31)47-40-36)26-46-37(45)42(24-27-9-3-1-4-10-27)25-28-11-5-2-6-12-28;/h1-14,21,23H,15-20,22,24-26H2;1H3/q;-1/p+1. The van der Waals surface area contributed by atoms with E-state index in [-0.39, 0.29) is 26.2 Å². The van der Waals surface area contributed by atoms with Crippen LogP contribution in [0.4, 0.5) is 16.3 Å². The van der Waals surface area contributed by atoms with Crippen molar-refractivity contribution in [3.05, 3.63) is 132 Å². The zero-order chi connectivity index (χ0) is 32.2. The van der Waals surface area contributed by atoms with Crippen molar-refractivity contribution in [2.45, 2.75) is 25.9 Å². The Balaban J connectivity index is 0.00000401. The molecule has 2 aliphatic heterocycles. The molecule has 0 atom stereocenters. The SMILES string of the molecule is O=C1Cc2cc(CC[N+]3(COC(=O)N(Cc4ccccc4)Cc4ccccc4)CCN(c4nsc5ccccc45)CC3)c(Cl)cc2N1.[CH3-]. The monoisotopic (exact) mass is 681 g/mol. The van der Waals surface area contributed by atoms with E-state index < -0.39 is 0 Å². The van der Waals surface area contributed by atoms with Gasteiger partial charge in [0.05, 0.1) is 43.8 Å². The smallest absolute Gasteiger partial charge is 0.399 e. The fourth-order valence-corrected chi connectivity index (χ4v) is 7.60. The van der Waals surface area contributed by atoms with Crippen molar-refractivity contribution in [2.24, 2.45) is 0 Å². The van der Waals surface area contributed by atoms with E-state index in [1.54, 1.807) is 4.90 Å². The summed E-state index contributed by atoms with van der Waals surface area (Å²) >= 11 is 8.25. The van der Waals surface area contributed by atoms with Crippen LogP contribution in [0, 0.1) is 7.43 Å². The minimum absolute atomic E-state index is 0. The summed E-state index contributed by atoms with van der Waals surface area (Å²) < 4.78 is 12.8. The van der Waals surface area contributed by atoms with Crippen LogP contribution in [-0.4, -0.2) is 65.2 Å². The highest BCUT2D eigenvalue weighted by Gasteiger charge is 2.36. The first kappa shape index (κ1) is 33.5. The average Bonchev–Trinajstić information content (AvgIpc) is 3.69. The minimum Gasteiger partial charge on any atom is -0.399 e. The van der Waals surface area contributed by atoms with Gasteiger partial charge < -0.3 is 22.4 Å². The Morgan fingerprint density at radius 3 is 2.27 bits per heavy atom. The van der Waals surface area contributed by atoms with E-state index in [2.05, 4.69) is 34.5 Å². The number of nitrogens with zero attached hydrogens (tertiary/aromatic N) is 4. The largest absolute Gasteiger partial charge is 0.414 e. The predicted molar refractivity (Wildman–Crippen MR) is 194 cm³/mol. The molecule has 248 valence electrons. The normalized spacial score (nSPS) is 15.0. The van der Waals surface area contributed by atoms with Gasteiger partial charge in [0.15, 0.2) is 5.82 Å². The molecule has 10 heteroatoms. The first-order chi connectivity index (χ1) is 22.9. The molecule has 4 aromatic carbocycles. The summed E-state index contributed by atoms with van der Waals surface area (Å²) in [6.07, 6.45) is 0.741. The quantitative estimate of drug-likeness (QED) is 0.122. The van der Waals surface area contributed by atoms with Crippen molar-refractivity contribution in [2.75, 3.05) is 49.7 Å². The summed E-state index contributed by atoms with van der Waals surface area (Å²) in [5.74, 6) is 1.01. The fraction of sp³-hybridized carbons (Fsp3) is 0.263. The fourth-order valence-electron chi connectivity index (χ4n) is 6.54. The number of rotatable bonds is 10. The van der Waals surface area contributed by atoms with Crippen molar-refractivity contribution < 1.29 is 18.8 Å². The predicted octanol–water partition coefficient (Wildman–Crippen LogP) is 7.57. The molecule has 7 rings (SSSR count). The van der Waals surface area contributed by atoms with Gasteiger partial charge in [-0.25, -0.2) is 4.79 Å². The Bertz CT molecular complexity index is 1830. The lowest BCUT2D eigenvalue weighted by atomic mass is 10.0. The summed E-state index contributed by atoms with van der Waals surface area (Å²) in [6.45, 7) is 5.08. The van der Waals surface area contributed by atoms with Crippen LogP contribution in [0.15, 0.2) is 97.1 Å². The number of halogens is 1. The second-order valence-electron chi connectivity index (χ2n) is 12.4. The highest BCUT2D eigenvalue weighted by molar-refractivity contribution is 7.13. The van der Waals surface area contributed by atoms with Gasteiger partial charge in [-0.15, -0.1) is 0 Å². The number of carbonyl (C=O) groups is 2. The molecule has 0 unspecified atom stereocenters. The molecule has 2 amide bonds. The van der Waals surface area contributed by atoms with Crippen LogP contribution in [-0.2, 0) is 35.5 Å². The molecule has 1 saturated heterocycles. The molecule has 0 saturated carbocycles. The molecule has 1 N–H and O–H groups in total. The number of fused-ring (bicyclic) bond motifs is 2. The molecule has 0 bridgehead atoms. The highest BCUT2D eigenvalue weighted by atomic mass is 35.5. The lowest BCUT2D eigenvalue weighted by Crippen LogP contribution is -2.61. The van der Waals surface area contributed by atoms with Crippen molar-refractivity contribution in [1.29, 1.82) is 0 Å². The van der Waals surface area contributed by atoms with Crippen molar-refractivity contribution in [1.82, 2.24) is 9.27 Å². The average molecular weight is 682 g/mol. The number of anilines is 2. The zero-order valence-corrected chi connectivity index (χ0v) is 28.7. The van der Waals surface area contributed by atoms with Crippen molar-refractivity contribution in [3.8, 4) is 0 Å². The van der Waals surface area contributed by atoms with Gasteiger partial charge in [0, 0.05) is 35.6 Å². The molecular weight excluding hydrogens is 642 g/mol. The van der Waals surface area contributed by atoms with Crippen LogP contribution in [0.2, 0.25) is 5.02 Å². The van der Waals surface area contributed by atoms with E-state index in [1.165, 1.54) is 21.6 Å². The second-order valence-corrected chi connectivity index (χ2v) is 13.7. The summed E-state index contributed by atoms with van der Waals surface area (Å²) in [4.78, 5) is 30.0. The number of nitrogens with one attached hydrogen (secondary N) is 1. The summed E-state index contributed by atoms with van der Waals surface area (Å²) in [5.41, 5.74) is 4.88. The number of amides is 2. The number of hydrogen-bond donors (Lipinski definition) is 1. The highest BCUT2D eigenvalue weighted by Crippen LogP contribution is 2.33. The first-order valence-corrected chi connectivity index (χ1v) is 17.1. The Morgan fingerprint density at radius 1 is 0.938 bits per heavy atom. The van der Waals surface area contributed by atoms with Crippen molar-refractivity contribution >= 4 is 56.7 Å². The van der Waals surface area contributed by atoms with Gasteiger partial charge in [-0.3, -0.25) is 14.2 Å². The number of quaternary nitrogens is 1. The molecule has 0 aliphatic carbocycles. The number of benzene rings is 4. The molecule has 1 aromatic heterocycles. The molecule has 0 radical (unpaired) electrons. The van der Waals surface area contributed by atoms with E-state index >= 15 is 0 Å². The van der Waals surface area contributed by atoms with Crippen LogP contribution in [0.1, 0.15) is 22.3 Å².